The van der Waals surface area contributed by atoms with Crippen molar-refractivity contribution in [3.63, 3.8) is 0 Å². The number of hydrogen-bond donors (Lipinski definition) is 3. The number of ether oxygens (including phenoxy) is 1. The highest BCUT2D eigenvalue weighted by Gasteiger charge is 2.27. The van der Waals surface area contributed by atoms with Crippen molar-refractivity contribution in [3.05, 3.63) is 38.2 Å². The van der Waals surface area contributed by atoms with Gasteiger partial charge in [-0.1, -0.05) is 0 Å². The lowest BCUT2D eigenvalue weighted by Gasteiger charge is -2.31. The van der Waals surface area contributed by atoms with E-state index in [0.29, 0.717) is 25.3 Å². The Morgan fingerprint density at radius 1 is 1.31 bits per heavy atom. The van der Waals surface area contributed by atoms with Crippen LogP contribution in [-0.2, 0) is 17.8 Å². The SMILES string of the molecule is CCOC(=O)c1[nH]c(=O)[nH]c1CN1CCC[C@@H](c2n[nH]c(=O)n2CC)C1. The normalized spacial score (nSPS) is 18.2. The molecule has 10 heteroatoms. The Balaban J connectivity index is 1.76. The first-order chi connectivity index (χ1) is 12.5. The van der Waals surface area contributed by atoms with Crippen molar-refractivity contribution in [1.29, 1.82) is 0 Å². The number of nitrogens with zero attached hydrogens (tertiary/aromatic N) is 3. The van der Waals surface area contributed by atoms with Crippen LogP contribution in [0.4, 0.5) is 0 Å². The Bertz CT molecular complexity index is 876. The summed E-state index contributed by atoms with van der Waals surface area (Å²) in [7, 11) is 0. The van der Waals surface area contributed by atoms with Gasteiger partial charge in [-0.2, -0.15) is 5.10 Å². The van der Waals surface area contributed by atoms with Gasteiger partial charge in [0.15, 0.2) is 0 Å². The molecule has 0 unspecified atom stereocenters. The molecule has 3 heterocycles. The summed E-state index contributed by atoms with van der Waals surface area (Å²) in [4.78, 5) is 42.8. The largest absolute Gasteiger partial charge is 0.461 e. The van der Waals surface area contributed by atoms with Crippen LogP contribution in [0.5, 0.6) is 0 Å². The van der Waals surface area contributed by atoms with Gasteiger partial charge >= 0.3 is 17.3 Å². The number of rotatable bonds is 6. The van der Waals surface area contributed by atoms with Gasteiger partial charge in [-0.05, 0) is 33.2 Å². The number of aromatic nitrogens is 5. The van der Waals surface area contributed by atoms with Crippen LogP contribution in [0.1, 0.15) is 54.6 Å². The van der Waals surface area contributed by atoms with Gasteiger partial charge in [0, 0.05) is 25.6 Å². The average molecular weight is 364 g/mol. The van der Waals surface area contributed by atoms with E-state index in [9.17, 15) is 14.4 Å². The van der Waals surface area contributed by atoms with Crippen molar-refractivity contribution in [1.82, 2.24) is 29.6 Å². The maximum Gasteiger partial charge on any atom is 0.356 e. The number of H-pyrrole nitrogens is 3. The Morgan fingerprint density at radius 2 is 2.12 bits per heavy atom. The monoisotopic (exact) mass is 364 g/mol. The molecule has 1 aliphatic rings. The standard InChI is InChI=1S/C16H24N6O4/c1-3-22-13(19-20-16(22)25)10-6-5-7-21(8-10)9-11-12(14(23)26-4-2)18-15(24)17-11/h10H,3-9H2,1-2H3,(H,20,25)(H2,17,18,24)/t10-/m1/s1. The molecule has 2 aromatic heterocycles. The summed E-state index contributed by atoms with van der Waals surface area (Å²) in [5, 5.41) is 6.70. The van der Waals surface area contributed by atoms with Crippen LogP contribution in [0.25, 0.3) is 0 Å². The maximum absolute atomic E-state index is 12.0. The zero-order valence-electron chi connectivity index (χ0n) is 15.0. The number of imidazole rings is 1. The number of aromatic amines is 3. The third kappa shape index (κ3) is 3.64. The van der Waals surface area contributed by atoms with Gasteiger partial charge in [-0.3, -0.25) is 14.5 Å². The van der Waals surface area contributed by atoms with E-state index in [2.05, 4.69) is 25.1 Å². The Morgan fingerprint density at radius 3 is 2.85 bits per heavy atom. The zero-order valence-corrected chi connectivity index (χ0v) is 15.0. The molecule has 1 fully saturated rings. The van der Waals surface area contributed by atoms with Gasteiger partial charge < -0.3 is 9.72 Å². The van der Waals surface area contributed by atoms with Crippen molar-refractivity contribution in [2.24, 2.45) is 0 Å². The van der Waals surface area contributed by atoms with Gasteiger partial charge in [0.05, 0.1) is 12.3 Å². The van der Waals surface area contributed by atoms with Gasteiger partial charge in [0.2, 0.25) is 0 Å². The number of piperidine rings is 1. The molecule has 0 aromatic carbocycles. The number of likely N-dealkylation sites (tertiary alicyclic amines) is 1. The zero-order chi connectivity index (χ0) is 18.7. The molecule has 2 aromatic rings. The number of hydrogen-bond acceptors (Lipinski definition) is 6. The van der Waals surface area contributed by atoms with E-state index in [1.165, 1.54) is 0 Å². The molecule has 0 amide bonds. The van der Waals surface area contributed by atoms with E-state index < -0.39 is 11.7 Å². The lowest BCUT2D eigenvalue weighted by molar-refractivity contribution is 0.0516. The Labute approximate surface area is 149 Å². The third-order valence-corrected chi connectivity index (χ3v) is 4.64. The van der Waals surface area contributed by atoms with Gasteiger partial charge in [-0.15, -0.1) is 0 Å². The summed E-state index contributed by atoms with van der Waals surface area (Å²) in [6, 6.07) is 0. The Hall–Kier alpha value is -2.62. The molecule has 142 valence electrons. The first kappa shape index (κ1) is 18.2. The average Bonchev–Trinajstić information content (AvgIpc) is 3.17. The molecule has 26 heavy (non-hydrogen) atoms. The molecule has 1 atom stereocenters. The highest BCUT2D eigenvalue weighted by molar-refractivity contribution is 5.88. The molecule has 3 rings (SSSR count). The number of nitrogens with one attached hydrogen (secondary N) is 3. The lowest BCUT2D eigenvalue weighted by atomic mass is 9.97. The van der Waals surface area contributed by atoms with Crippen molar-refractivity contribution in [2.75, 3.05) is 19.7 Å². The molecule has 0 bridgehead atoms. The predicted octanol–water partition coefficient (Wildman–Crippen LogP) is 0.164. The molecular weight excluding hydrogens is 340 g/mol. The van der Waals surface area contributed by atoms with Gasteiger partial charge in [0.25, 0.3) is 0 Å². The molecule has 0 aliphatic carbocycles. The first-order valence-electron chi connectivity index (χ1n) is 8.89. The molecule has 1 aliphatic heterocycles. The quantitative estimate of drug-likeness (QED) is 0.627. The van der Waals surface area contributed by atoms with E-state index in [1.807, 2.05) is 6.92 Å². The lowest BCUT2D eigenvalue weighted by Crippen LogP contribution is -2.36. The summed E-state index contributed by atoms with van der Waals surface area (Å²) < 4.78 is 6.64. The summed E-state index contributed by atoms with van der Waals surface area (Å²) in [5.41, 5.74) is 0.0659. The fourth-order valence-electron chi connectivity index (χ4n) is 3.50. The highest BCUT2D eigenvalue weighted by Crippen LogP contribution is 2.26. The molecule has 1 saturated heterocycles. The van der Waals surface area contributed by atoms with Crippen LogP contribution in [0.15, 0.2) is 9.59 Å². The second kappa shape index (κ2) is 7.73. The second-order valence-corrected chi connectivity index (χ2v) is 6.36. The van der Waals surface area contributed by atoms with Crippen LogP contribution in [0.2, 0.25) is 0 Å². The topological polar surface area (TPSA) is 129 Å². The Kier molecular flexibility index (Phi) is 5.40. The van der Waals surface area contributed by atoms with Crippen LogP contribution in [0.3, 0.4) is 0 Å². The number of carbonyl (C=O) groups excluding carboxylic acids is 1. The van der Waals surface area contributed by atoms with Crippen LogP contribution in [-0.4, -0.2) is 55.3 Å². The predicted molar refractivity (Wildman–Crippen MR) is 93.1 cm³/mol. The van der Waals surface area contributed by atoms with E-state index in [-0.39, 0.29) is 23.9 Å². The number of carbonyl (C=O) groups is 1. The summed E-state index contributed by atoms with van der Waals surface area (Å²) in [6.07, 6.45) is 1.88. The minimum atomic E-state index is -0.540. The van der Waals surface area contributed by atoms with Gasteiger partial charge in [-0.25, -0.2) is 19.5 Å². The number of esters is 1. The van der Waals surface area contributed by atoms with E-state index in [4.69, 9.17) is 4.74 Å². The van der Waals surface area contributed by atoms with Crippen molar-refractivity contribution >= 4 is 5.97 Å². The first-order valence-corrected chi connectivity index (χ1v) is 8.89. The second-order valence-electron chi connectivity index (χ2n) is 6.36. The molecule has 0 radical (unpaired) electrons. The minimum absolute atomic E-state index is 0.124. The maximum atomic E-state index is 12.0. The van der Waals surface area contributed by atoms with E-state index >= 15 is 0 Å². The summed E-state index contributed by atoms with van der Waals surface area (Å²) >= 11 is 0. The van der Waals surface area contributed by atoms with Crippen LogP contribution in [0, 0.1) is 0 Å². The third-order valence-electron chi connectivity index (χ3n) is 4.64. The van der Waals surface area contributed by atoms with E-state index in [1.54, 1.807) is 11.5 Å². The van der Waals surface area contributed by atoms with Crippen molar-refractivity contribution in [3.8, 4) is 0 Å². The molecule has 3 N–H and O–H groups in total. The van der Waals surface area contributed by atoms with E-state index in [0.717, 1.165) is 25.2 Å². The fraction of sp³-hybridized carbons (Fsp3) is 0.625. The van der Waals surface area contributed by atoms with Crippen LogP contribution >= 0.6 is 0 Å². The minimum Gasteiger partial charge on any atom is -0.461 e. The molecule has 0 saturated carbocycles. The summed E-state index contributed by atoms with van der Waals surface area (Å²) in [5.74, 6) is 0.344. The molecule has 10 nitrogen and oxygen atoms in total. The van der Waals surface area contributed by atoms with Gasteiger partial charge in [0.1, 0.15) is 11.5 Å². The molecule has 0 spiro atoms. The summed E-state index contributed by atoms with van der Waals surface area (Å²) in [6.45, 7) is 6.40. The van der Waals surface area contributed by atoms with Crippen molar-refractivity contribution < 1.29 is 9.53 Å². The van der Waals surface area contributed by atoms with Crippen LogP contribution < -0.4 is 11.4 Å². The fourth-order valence-corrected chi connectivity index (χ4v) is 3.50. The highest BCUT2D eigenvalue weighted by atomic mass is 16.5. The smallest absolute Gasteiger partial charge is 0.356 e. The molecular formula is C16H24N6O4. The van der Waals surface area contributed by atoms with Crippen molar-refractivity contribution in [2.45, 2.75) is 45.7 Å².